The maximum Gasteiger partial charge on any atom is 0.329 e. The molecule has 1 atom stereocenters. The zero-order chi connectivity index (χ0) is 15.7. The summed E-state index contributed by atoms with van der Waals surface area (Å²) in [7, 11) is 1.56. The molecule has 0 fully saturated rings. The third-order valence-corrected chi connectivity index (χ3v) is 4.07. The second-order valence-electron chi connectivity index (χ2n) is 5.09. The molecule has 114 valence electrons. The Morgan fingerprint density at radius 1 is 1.52 bits per heavy atom. The van der Waals surface area contributed by atoms with Crippen molar-refractivity contribution in [3.8, 4) is 0 Å². The summed E-state index contributed by atoms with van der Waals surface area (Å²) in [6, 6.07) is 0. The zero-order valence-corrected chi connectivity index (χ0v) is 13.0. The van der Waals surface area contributed by atoms with Crippen LogP contribution in [-0.4, -0.2) is 36.1 Å². The molecule has 21 heavy (non-hydrogen) atoms. The van der Waals surface area contributed by atoms with E-state index in [1.54, 1.807) is 18.5 Å². The first-order valence-electron chi connectivity index (χ1n) is 6.46. The van der Waals surface area contributed by atoms with Crippen molar-refractivity contribution in [3.63, 3.8) is 0 Å². The first-order valence-corrected chi connectivity index (χ1v) is 7.44. The standard InChI is InChI=1S/C13H18N4O3S/c1-7(2)5-17-9-10(14-13(17)21-6-8(3)18)16(4)12(20)15-11(9)19/h8,18H,1,5-6H2,2-4H3,(H,15,19,20)/t8-/m0/s1. The molecule has 0 unspecified atom stereocenters. The van der Waals surface area contributed by atoms with E-state index in [-0.39, 0.29) is 0 Å². The van der Waals surface area contributed by atoms with Crippen LogP contribution in [0.5, 0.6) is 0 Å². The van der Waals surface area contributed by atoms with Gasteiger partial charge < -0.3 is 9.67 Å². The first kappa shape index (κ1) is 15.6. The molecule has 2 rings (SSSR count). The van der Waals surface area contributed by atoms with Crippen molar-refractivity contribution >= 4 is 22.9 Å². The summed E-state index contributed by atoms with van der Waals surface area (Å²) in [5.74, 6) is 0.450. The van der Waals surface area contributed by atoms with E-state index in [9.17, 15) is 14.7 Å². The number of aliphatic hydroxyl groups is 1. The van der Waals surface area contributed by atoms with Gasteiger partial charge in [-0.05, 0) is 13.8 Å². The van der Waals surface area contributed by atoms with Gasteiger partial charge in [0, 0.05) is 19.3 Å². The lowest BCUT2D eigenvalue weighted by Crippen LogP contribution is -2.29. The van der Waals surface area contributed by atoms with Gasteiger partial charge in [0.2, 0.25) is 0 Å². The highest BCUT2D eigenvalue weighted by atomic mass is 32.2. The number of rotatable bonds is 5. The van der Waals surface area contributed by atoms with Gasteiger partial charge in [-0.25, -0.2) is 9.78 Å². The zero-order valence-electron chi connectivity index (χ0n) is 12.2. The number of H-pyrrole nitrogens is 1. The Bertz CT molecular complexity index is 800. The highest BCUT2D eigenvalue weighted by molar-refractivity contribution is 7.99. The number of thioether (sulfide) groups is 1. The lowest BCUT2D eigenvalue weighted by Gasteiger charge is -2.08. The molecule has 0 spiro atoms. The number of allylic oxidation sites excluding steroid dienone is 1. The minimum atomic E-state index is -0.500. The predicted molar refractivity (Wildman–Crippen MR) is 82.8 cm³/mol. The molecule has 2 heterocycles. The summed E-state index contributed by atoms with van der Waals surface area (Å²) in [5.41, 5.74) is 0.568. The second-order valence-corrected chi connectivity index (χ2v) is 6.08. The number of aryl methyl sites for hydroxylation is 1. The van der Waals surface area contributed by atoms with Gasteiger partial charge in [0.25, 0.3) is 5.56 Å². The summed E-state index contributed by atoms with van der Waals surface area (Å²) in [4.78, 5) is 30.4. The van der Waals surface area contributed by atoms with Crippen LogP contribution in [-0.2, 0) is 13.6 Å². The lowest BCUT2D eigenvalue weighted by atomic mass is 10.3. The van der Waals surface area contributed by atoms with Gasteiger partial charge in [-0.1, -0.05) is 23.9 Å². The number of imidazole rings is 1. The molecule has 8 heteroatoms. The Hall–Kier alpha value is -1.80. The van der Waals surface area contributed by atoms with Crippen LogP contribution < -0.4 is 11.2 Å². The van der Waals surface area contributed by atoms with Crippen LogP contribution in [0.1, 0.15) is 13.8 Å². The van der Waals surface area contributed by atoms with Crippen LogP contribution in [0.15, 0.2) is 26.9 Å². The van der Waals surface area contributed by atoms with Crippen molar-refractivity contribution in [3.05, 3.63) is 33.0 Å². The van der Waals surface area contributed by atoms with Gasteiger partial charge in [0.05, 0.1) is 6.10 Å². The number of hydrogen-bond acceptors (Lipinski definition) is 5. The summed E-state index contributed by atoms with van der Waals surface area (Å²) in [6.45, 7) is 7.82. The summed E-state index contributed by atoms with van der Waals surface area (Å²) >= 11 is 1.34. The van der Waals surface area contributed by atoms with Crippen LogP contribution >= 0.6 is 11.8 Å². The Balaban J connectivity index is 2.69. The molecule has 0 aliphatic carbocycles. The van der Waals surface area contributed by atoms with Gasteiger partial charge >= 0.3 is 5.69 Å². The molecule has 0 radical (unpaired) electrons. The second kappa shape index (κ2) is 5.90. The molecule has 0 saturated heterocycles. The Kier molecular flexibility index (Phi) is 4.38. The third-order valence-electron chi connectivity index (χ3n) is 2.85. The molecule has 0 aromatic carbocycles. The van der Waals surface area contributed by atoms with Crippen LogP contribution in [0.3, 0.4) is 0 Å². The Morgan fingerprint density at radius 2 is 2.19 bits per heavy atom. The molecule has 2 aromatic heterocycles. The molecule has 0 aliphatic heterocycles. The third kappa shape index (κ3) is 3.11. The van der Waals surface area contributed by atoms with E-state index in [1.165, 1.54) is 16.3 Å². The van der Waals surface area contributed by atoms with E-state index in [1.807, 2.05) is 6.92 Å². The Labute approximate surface area is 125 Å². The van der Waals surface area contributed by atoms with Crippen molar-refractivity contribution in [2.24, 2.45) is 7.05 Å². The largest absolute Gasteiger partial charge is 0.393 e. The molecule has 7 nitrogen and oxygen atoms in total. The molecule has 2 aromatic rings. The van der Waals surface area contributed by atoms with E-state index < -0.39 is 17.4 Å². The molecule has 0 saturated carbocycles. The number of nitrogens with zero attached hydrogens (tertiary/aromatic N) is 3. The monoisotopic (exact) mass is 310 g/mol. The van der Waals surface area contributed by atoms with Crippen LogP contribution in [0.2, 0.25) is 0 Å². The topological polar surface area (TPSA) is 92.9 Å². The van der Waals surface area contributed by atoms with E-state index in [0.717, 1.165) is 5.57 Å². The number of nitrogens with one attached hydrogen (secondary N) is 1. The number of aromatic nitrogens is 4. The average molecular weight is 310 g/mol. The van der Waals surface area contributed by atoms with Crippen molar-refractivity contribution in [1.82, 2.24) is 19.1 Å². The predicted octanol–water partition coefficient (Wildman–Crippen LogP) is 0.472. The molecule has 0 amide bonds. The number of aliphatic hydroxyl groups excluding tert-OH is 1. The molecule has 0 bridgehead atoms. The van der Waals surface area contributed by atoms with Crippen LogP contribution in [0.4, 0.5) is 0 Å². The van der Waals surface area contributed by atoms with Crippen molar-refractivity contribution < 1.29 is 5.11 Å². The van der Waals surface area contributed by atoms with E-state index >= 15 is 0 Å². The van der Waals surface area contributed by atoms with Gasteiger partial charge in [-0.2, -0.15) is 0 Å². The smallest absolute Gasteiger partial charge is 0.329 e. The van der Waals surface area contributed by atoms with Crippen molar-refractivity contribution in [1.29, 1.82) is 0 Å². The maximum absolute atomic E-state index is 12.1. The normalized spacial score (nSPS) is 12.8. The minimum Gasteiger partial charge on any atom is -0.393 e. The summed E-state index contributed by atoms with van der Waals surface area (Å²) in [6.07, 6.45) is -0.491. The Morgan fingerprint density at radius 3 is 2.76 bits per heavy atom. The summed E-state index contributed by atoms with van der Waals surface area (Å²) < 4.78 is 3.03. The highest BCUT2D eigenvalue weighted by Crippen LogP contribution is 2.22. The van der Waals surface area contributed by atoms with E-state index in [0.29, 0.717) is 28.6 Å². The quantitative estimate of drug-likeness (QED) is 0.619. The fourth-order valence-corrected chi connectivity index (χ4v) is 2.79. The van der Waals surface area contributed by atoms with Crippen molar-refractivity contribution in [2.75, 3.05) is 5.75 Å². The molecular weight excluding hydrogens is 292 g/mol. The highest BCUT2D eigenvalue weighted by Gasteiger charge is 2.17. The van der Waals surface area contributed by atoms with Crippen LogP contribution in [0.25, 0.3) is 11.2 Å². The van der Waals surface area contributed by atoms with Gasteiger partial charge in [-0.15, -0.1) is 0 Å². The number of fused-ring (bicyclic) bond motifs is 1. The van der Waals surface area contributed by atoms with Gasteiger partial charge in [-0.3, -0.25) is 14.3 Å². The number of hydrogen-bond donors (Lipinski definition) is 2. The van der Waals surface area contributed by atoms with Crippen molar-refractivity contribution in [2.45, 2.75) is 31.7 Å². The molecule has 0 aliphatic rings. The van der Waals surface area contributed by atoms with Gasteiger partial charge in [0.15, 0.2) is 16.3 Å². The minimum absolute atomic E-state index is 0.332. The fourth-order valence-electron chi connectivity index (χ4n) is 1.94. The number of aromatic amines is 1. The van der Waals surface area contributed by atoms with Crippen LogP contribution in [0, 0.1) is 0 Å². The van der Waals surface area contributed by atoms with Gasteiger partial charge in [0.1, 0.15) is 0 Å². The fraction of sp³-hybridized carbons (Fsp3) is 0.462. The molecular formula is C13H18N4O3S. The van der Waals surface area contributed by atoms with E-state index in [2.05, 4.69) is 16.5 Å². The van der Waals surface area contributed by atoms with E-state index in [4.69, 9.17) is 0 Å². The first-order chi connectivity index (χ1) is 9.81. The summed E-state index contributed by atoms with van der Waals surface area (Å²) in [5, 5.41) is 10.00. The maximum atomic E-state index is 12.1. The lowest BCUT2D eigenvalue weighted by molar-refractivity contribution is 0.220. The SMILES string of the molecule is C=C(C)Cn1c(SC[C@H](C)O)nc2c1c(=O)[nH]c(=O)n2C. The molecule has 2 N–H and O–H groups in total. The average Bonchev–Trinajstić information content (AvgIpc) is 2.72.